The van der Waals surface area contributed by atoms with E-state index in [2.05, 4.69) is 19.2 Å². The second kappa shape index (κ2) is 5.64. The molecule has 0 spiro atoms. The average molecular weight is 296 g/mol. The zero-order valence-corrected chi connectivity index (χ0v) is 13.2. The number of rotatable bonds is 3. The number of benzene rings is 1. The van der Waals surface area contributed by atoms with Gasteiger partial charge in [0.05, 0.1) is 16.3 Å². The molecular weight excluding hydrogens is 272 g/mol. The highest BCUT2D eigenvalue weighted by Gasteiger charge is 2.25. The molecule has 3 atom stereocenters. The third-order valence-electron chi connectivity index (χ3n) is 4.22. The van der Waals surface area contributed by atoms with Gasteiger partial charge in [0.2, 0.25) is 0 Å². The molecule has 1 aliphatic rings. The lowest BCUT2D eigenvalue weighted by Gasteiger charge is -2.34. The summed E-state index contributed by atoms with van der Waals surface area (Å²) < 4.78 is 23.0. The molecule has 5 heteroatoms. The van der Waals surface area contributed by atoms with Crippen LogP contribution in [0.5, 0.6) is 0 Å². The third-order valence-corrected chi connectivity index (χ3v) is 5.33. The molecule has 1 saturated carbocycles. The Balaban J connectivity index is 2.14. The van der Waals surface area contributed by atoms with Gasteiger partial charge in [0.1, 0.15) is 0 Å². The van der Waals surface area contributed by atoms with Crippen molar-refractivity contribution in [2.45, 2.75) is 44.0 Å². The lowest BCUT2D eigenvalue weighted by atomic mass is 9.80. The lowest BCUT2D eigenvalue weighted by Crippen LogP contribution is -2.33. The van der Waals surface area contributed by atoms with E-state index in [9.17, 15) is 8.42 Å². The van der Waals surface area contributed by atoms with Gasteiger partial charge in [-0.15, -0.1) is 0 Å². The van der Waals surface area contributed by atoms with E-state index in [0.29, 0.717) is 17.6 Å². The standard InChI is InChI=1S/C15H24N2O2S/c1-10-4-6-14(11(2)8-10)17-15-7-5-12(9-13(15)16)20(3,18)19/h5,7,9-11,14,17H,4,6,8,16H2,1-3H3. The molecule has 0 bridgehead atoms. The first kappa shape index (κ1) is 15.2. The summed E-state index contributed by atoms with van der Waals surface area (Å²) in [5.74, 6) is 1.39. The minimum atomic E-state index is -3.20. The van der Waals surface area contributed by atoms with Crippen molar-refractivity contribution in [1.82, 2.24) is 0 Å². The number of anilines is 2. The second-order valence-corrected chi connectivity index (χ2v) is 8.18. The van der Waals surface area contributed by atoms with Gasteiger partial charge in [0, 0.05) is 12.3 Å². The van der Waals surface area contributed by atoms with E-state index in [-0.39, 0.29) is 4.90 Å². The molecule has 0 saturated heterocycles. The summed E-state index contributed by atoms with van der Waals surface area (Å²) in [5, 5.41) is 3.48. The highest BCUT2D eigenvalue weighted by atomic mass is 32.2. The van der Waals surface area contributed by atoms with Crippen molar-refractivity contribution in [3.05, 3.63) is 18.2 Å². The average Bonchev–Trinajstić information content (AvgIpc) is 2.33. The molecule has 1 aliphatic carbocycles. The van der Waals surface area contributed by atoms with Crippen molar-refractivity contribution in [3.8, 4) is 0 Å². The Hall–Kier alpha value is -1.23. The molecule has 3 unspecified atom stereocenters. The topological polar surface area (TPSA) is 72.2 Å². The number of nitrogen functional groups attached to an aromatic ring is 1. The van der Waals surface area contributed by atoms with Gasteiger partial charge in [-0.1, -0.05) is 13.8 Å². The summed E-state index contributed by atoms with van der Waals surface area (Å²) >= 11 is 0. The van der Waals surface area contributed by atoms with Crippen molar-refractivity contribution < 1.29 is 8.42 Å². The van der Waals surface area contributed by atoms with Crippen molar-refractivity contribution in [1.29, 1.82) is 0 Å². The van der Waals surface area contributed by atoms with Crippen LogP contribution in [0.4, 0.5) is 11.4 Å². The maximum absolute atomic E-state index is 11.5. The van der Waals surface area contributed by atoms with E-state index in [1.165, 1.54) is 25.2 Å². The van der Waals surface area contributed by atoms with Crippen LogP contribution in [0.3, 0.4) is 0 Å². The molecule has 112 valence electrons. The Kier molecular flexibility index (Phi) is 4.28. The largest absolute Gasteiger partial charge is 0.397 e. The predicted molar refractivity (Wildman–Crippen MR) is 83.6 cm³/mol. The van der Waals surface area contributed by atoms with Gasteiger partial charge in [0.15, 0.2) is 9.84 Å². The number of nitrogens with two attached hydrogens (primary N) is 1. The highest BCUT2D eigenvalue weighted by Crippen LogP contribution is 2.32. The van der Waals surface area contributed by atoms with Crippen LogP contribution < -0.4 is 11.1 Å². The first-order chi connectivity index (χ1) is 9.27. The van der Waals surface area contributed by atoms with E-state index >= 15 is 0 Å². The fourth-order valence-corrected chi connectivity index (χ4v) is 3.64. The van der Waals surface area contributed by atoms with Gasteiger partial charge in [-0.2, -0.15) is 0 Å². The van der Waals surface area contributed by atoms with Crippen LogP contribution in [0.2, 0.25) is 0 Å². The summed E-state index contributed by atoms with van der Waals surface area (Å²) in [5.41, 5.74) is 7.32. The van der Waals surface area contributed by atoms with Crippen LogP contribution in [0.15, 0.2) is 23.1 Å². The number of hydrogen-bond donors (Lipinski definition) is 2. The molecular formula is C15H24N2O2S. The van der Waals surface area contributed by atoms with E-state index in [4.69, 9.17) is 5.73 Å². The van der Waals surface area contributed by atoms with Crippen LogP contribution >= 0.6 is 0 Å². The van der Waals surface area contributed by atoms with Crippen LogP contribution in [0.1, 0.15) is 33.1 Å². The molecule has 3 N–H and O–H groups in total. The first-order valence-corrected chi connectivity index (χ1v) is 9.02. The molecule has 0 aromatic heterocycles. The summed E-state index contributed by atoms with van der Waals surface area (Å²) in [6.45, 7) is 4.55. The summed E-state index contributed by atoms with van der Waals surface area (Å²) in [6, 6.07) is 5.34. The highest BCUT2D eigenvalue weighted by molar-refractivity contribution is 7.90. The van der Waals surface area contributed by atoms with Crippen LogP contribution in [-0.2, 0) is 9.84 Å². The van der Waals surface area contributed by atoms with Gasteiger partial charge < -0.3 is 11.1 Å². The van der Waals surface area contributed by atoms with E-state index < -0.39 is 9.84 Å². The Bertz CT molecular complexity index is 584. The Labute approximate surface area is 121 Å². The van der Waals surface area contributed by atoms with E-state index in [1.807, 2.05) is 0 Å². The molecule has 0 amide bonds. The Morgan fingerprint density at radius 2 is 1.95 bits per heavy atom. The van der Waals surface area contributed by atoms with Crippen LogP contribution in [-0.4, -0.2) is 20.7 Å². The van der Waals surface area contributed by atoms with Crippen molar-refractivity contribution in [3.63, 3.8) is 0 Å². The normalized spacial score (nSPS) is 27.2. The van der Waals surface area contributed by atoms with Gasteiger partial charge in [-0.3, -0.25) is 0 Å². The van der Waals surface area contributed by atoms with Gasteiger partial charge in [-0.25, -0.2) is 8.42 Å². The summed E-state index contributed by atoms with van der Waals surface area (Å²) in [7, 11) is -3.20. The molecule has 1 aromatic carbocycles. The smallest absolute Gasteiger partial charge is 0.175 e. The number of hydrogen-bond acceptors (Lipinski definition) is 4. The fourth-order valence-electron chi connectivity index (χ4n) is 2.98. The molecule has 0 radical (unpaired) electrons. The zero-order chi connectivity index (χ0) is 14.9. The second-order valence-electron chi connectivity index (χ2n) is 6.17. The summed E-state index contributed by atoms with van der Waals surface area (Å²) in [6.07, 6.45) is 4.78. The monoisotopic (exact) mass is 296 g/mol. The predicted octanol–water partition coefficient (Wildman–Crippen LogP) is 2.91. The maximum Gasteiger partial charge on any atom is 0.175 e. The molecule has 1 aromatic rings. The first-order valence-electron chi connectivity index (χ1n) is 7.13. The van der Waals surface area contributed by atoms with Crippen molar-refractivity contribution >= 4 is 21.2 Å². The fraction of sp³-hybridized carbons (Fsp3) is 0.600. The Morgan fingerprint density at radius 3 is 2.50 bits per heavy atom. The van der Waals surface area contributed by atoms with E-state index in [1.54, 1.807) is 12.1 Å². The summed E-state index contributed by atoms with van der Waals surface area (Å²) in [4.78, 5) is 0.269. The molecule has 1 fully saturated rings. The maximum atomic E-state index is 11.5. The SMILES string of the molecule is CC1CCC(Nc2ccc(S(C)(=O)=O)cc2N)C(C)C1. The third kappa shape index (κ3) is 3.45. The van der Waals surface area contributed by atoms with Crippen molar-refractivity contribution in [2.24, 2.45) is 11.8 Å². The molecule has 4 nitrogen and oxygen atoms in total. The molecule has 0 heterocycles. The van der Waals surface area contributed by atoms with Crippen LogP contribution in [0, 0.1) is 11.8 Å². The molecule has 2 rings (SSSR count). The molecule has 0 aliphatic heterocycles. The van der Waals surface area contributed by atoms with Crippen LogP contribution in [0.25, 0.3) is 0 Å². The Morgan fingerprint density at radius 1 is 1.25 bits per heavy atom. The van der Waals surface area contributed by atoms with Gasteiger partial charge >= 0.3 is 0 Å². The van der Waals surface area contributed by atoms with Gasteiger partial charge in [0.25, 0.3) is 0 Å². The molecule has 20 heavy (non-hydrogen) atoms. The lowest BCUT2D eigenvalue weighted by molar-refractivity contribution is 0.276. The quantitative estimate of drug-likeness (QED) is 0.841. The zero-order valence-electron chi connectivity index (χ0n) is 12.4. The van der Waals surface area contributed by atoms with Crippen molar-refractivity contribution in [2.75, 3.05) is 17.3 Å². The minimum absolute atomic E-state index is 0.269. The minimum Gasteiger partial charge on any atom is -0.397 e. The number of sulfone groups is 1. The van der Waals surface area contributed by atoms with Gasteiger partial charge in [-0.05, 0) is 49.3 Å². The number of nitrogens with one attached hydrogen (secondary N) is 1. The van der Waals surface area contributed by atoms with E-state index in [0.717, 1.165) is 18.0 Å².